The zero-order valence-electron chi connectivity index (χ0n) is 16.7. The third-order valence-electron chi connectivity index (χ3n) is 4.81. The topological polar surface area (TPSA) is 140 Å². The molecule has 10 nitrogen and oxygen atoms in total. The first-order valence-corrected chi connectivity index (χ1v) is 9.55. The third-order valence-corrected chi connectivity index (χ3v) is 4.81. The van der Waals surface area contributed by atoms with Gasteiger partial charge in [-0.1, -0.05) is 11.2 Å². The molecule has 0 spiro atoms. The molecule has 174 valence electrons. The Morgan fingerprint density at radius 1 is 1.30 bits per heavy atom. The van der Waals surface area contributed by atoms with Crippen molar-refractivity contribution >= 4 is 40.0 Å². The summed E-state index contributed by atoms with van der Waals surface area (Å²) < 4.78 is 51.7. The van der Waals surface area contributed by atoms with Gasteiger partial charge in [0.05, 0.1) is 12.0 Å². The number of nitrogens with zero attached hydrogens (tertiary/aromatic N) is 2. The van der Waals surface area contributed by atoms with Crippen molar-refractivity contribution in [2.45, 2.75) is 18.6 Å². The lowest BCUT2D eigenvalue weighted by Gasteiger charge is -2.34. The van der Waals surface area contributed by atoms with E-state index in [-0.39, 0.29) is 30.3 Å². The first kappa shape index (κ1) is 22.4. The molecule has 1 fully saturated rings. The average molecular weight is 466 g/mol. The van der Waals surface area contributed by atoms with E-state index in [2.05, 4.69) is 15.2 Å². The number of morpholine rings is 1. The summed E-state index contributed by atoms with van der Waals surface area (Å²) in [5.41, 5.74) is 6.28. The van der Waals surface area contributed by atoms with Gasteiger partial charge in [-0.15, -0.1) is 13.2 Å². The van der Waals surface area contributed by atoms with Crippen molar-refractivity contribution < 1.29 is 41.9 Å². The number of ether oxygens (including phenoxy) is 2. The molecule has 0 radical (unpaired) electrons. The fourth-order valence-corrected chi connectivity index (χ4v) is 3.33. The number of benzene rings is 2. The van der Waals surface area contributed by atoms with E-state index in [0.717, 1.165) is 17.0 Å². The number of carbonyl (C=O) groups excluding carboxylic acids is 2. The number of halogens is 3. The van der Waals surface area contributed by atoms with Crippen LogP contribution in [-0.2, 0) is 14.3 Å². The van der Waals surface area contributed by atoms with Gasteiger partial charge in [0.25, 0.3) is 11.8 Å². The fraction of sp³-hybridized carbons (Fsp3) is 0.250. The molecule has 2 aromatic carbocycles. The summed E-state index contributed by atoms with van der Waals surface area (Å²) in [5.74, 6) is -2.07. The van der Waals surface area contributed by atoms with E-state index in [4.69, 9.17) is 15.0 Å². The van der Waals surface area contributed by atoms with Crippen LogP contribution in [0.2, 0.25) is 0 Å². The number of anilines is 3. The summed E-state index contributed by atoms with van der Waals surface area (Å²) in [6.45, 7) is -0.0584. The fourth-order valence-electron chi connectivity index (χ4n) is 3.33. The van der Waals surface area contributed by atoms with Gasteiger partial charge in [0.1, 0.15) is 5.75 Å². The minimum absolute atomic E-state index is 0.00270. The van der Waals surface area contributed by atoms with Gasteiger partial charge in [-0.05, 0) is 24.3 Å². The van der Waals surface area contributed by atoms with Gasteiger partial charge in [0.15, 0.2) is 23.6 Å². The van der Waals surface area contributed by atoms with Crippen LogP contribution in [0.15, 0.2) is 47.0 Å². The average Bonchev–Trinajstić information content (AvgIpc) is 3.12. The summed E-state index contributed by atoms with van der Waals surface area (Å²) in [7, 11) is 0. The molecule has 4 rings (SSSR count). The van der Waals surface area contributed by atoms with Crippen molar-refractivity contribution in [3.8, 4) is 5.75 Å². The van der Waals surface area contributed by atoms with Crippen molar-refractivity contribution in [3.63, 3.8) is 0 Å². The lowest BCUT2D eigenvalue weighted by atomic mass is 10.1. The van der Waals surface area contributed by atoms with Crippen LogP contribution < -0.4 is 20.7 Å². The standard InChI is InChI=1S/C20H17F3N4O6/c21-20(22,23)32-12-3-1-2-11(9-12)27-6-7-31-16(19(27)30)15(28)18(29)25-10-4-5-13-14(8-10)33-26-17(13)24/h1-5,8-9,15-16,28H,6-7H2,(H2,24,26)(H,25,29)/t15-,16-/m1/s1. The van der Waals surface area contributed by atoms with Crippen LogP contribution in [0.4, 0.5) is 30.4 Å². The Labute approximate surface area is 183 Å². The predicted molar refractivity (Wildman–Crippen MR) is 108 cm³/mol. The molecular weight excluding hydrogens is 449 g/mol. The highest BCUT2D eigenvalue weighted by Gasteiger charge is 2.39. The number of fused-ring (bicyclic) bond motifs is 1. The molecule has 1 aromatic heterocycles. The first-order valence-electron chi connectivity index (χ1n) is 9.55. The lowest BCUT2D eigenvalue weighted by molar-refractivity contribution is -0.274. The van der Waals surface area contributed by atoms with Crippen molar-refractivity contribution in [2.75, 3.05) is 29.1 Å². The van der Waals surface area contributed by atoms with Crippen LogP contribution >= 0.6 is 0 Å². The van der Waals surface area contributed by atoms with Gasteiger partial charge >= 0.3 is 6.36 Å². The third kappa shape index (κ3) is 4.83. The number of nitrogens with one attached hydrogen (secondary N) is 1. The predicted octanol–water partition coefficient (Wildman–Crippen LogP) is 2.04. The van der Waals surface area contributed by atoms with Crippen molar-refractivity contribution in [1.29, 1.82) is 0 Å². The Balaban J connectivity index is 1.47. The molecule has 0 unspecified atom stereocenters. The SMILES string of the molecule is Nc1noc2cc(NC(=O)[C@H](O)[C@H]3OCCN(c4cccc(OC(F)(F)F)c4)C3=O)ccc12. The molecule has 33 heavy (non-hydrogen) atoms. The number of aromatic nitrogens is 1. The molecule has 0 bridgehead atoms. The van der Waals surface area contributed by atoms with Crippen LogP contribution in [0.3, 0.4) is 0 Å². The van der Waals surface area contributed by atoms with E-state index in [1.54, 1.807) is 6.07 Å². The molecule has 2 amide bonds. The van der Waals surface area contributed by atoms with Crippen LogP contribution in [-0.4, -0.2) is 53.8 Å². The molecule has 3 aromatic rings. The molecule has 1 saturated heterocycles. The molecule has 1 aliphatic rings. The van der Waals surface area contributed by atoms with Gasteiger partial charge in [-0.25, -0.2) is 0 Å². The summed E-state index contributed by atoms with van der Waals surface area (Å²) in [4.78, 5) is 26.5. The maximum absolute atomic E-state index is 12.9. The Hall–Kier alpha value is -3.84. The zero-order chi connectivity index (χ0) is 23.8. The number of rotatable bonds is 5. The number of hydrogen-bond acceptors (Lipinski definition) is 8. The summed E-state index contributed by atoms with van der Waals surface area (Å²) in [5, 5.41) is 17.0. The highest BCUT2D eigenvalue weighted by Crippen LogP contribution is 2.29. The zero-order valence-corrected chi connectivity index (χ0v) is 16.7. The first-order chi connectivity index (χ1) is 15.6. The van der Waals surface area contributed by atoms with Gasteiger partial charge in [-0.2, -0.15) is 0 Å². The normalized spacial score (nSPS) is 17.8. The van der Waals surface area contributed by atoms with Crippen molar-refractivity contribution in [1.82, 2.24) is 5.16 Å². The quantitative estimate of drug-likeness (QED) is 0.519. The van der Waals surface area contributed by atoms with Crippen LogP contribution in [0.5, 0.6) is 5.75 Å². The number of aliphatic hydroxyl groups excluding tert-OH is 1. The Morgan fingerprint density at radius 3 is 2.85 bits per heavy atom. The Morgan fingerprint density at radius 2 is 2.09 bits per heavy atom. The molecular formula is C20H17F3N4O6. The van der Waals surface area contributed by atoms with Crippen molar-refractivity contribution in [3.05, 3.63) is 42.5 Å². The van der Waals surface area contributed by atoms with E-state index >= 15 is 0 Å². The van der Waals surface area contributed by atoms with Crippen LogP contribution in [0, 0.1) is 0 Å². The number of nitrogens with two attached hydrogens (primary N) is 1. The number of nitrogen functional groups attached to an aromatic ring is 1. The van der Waals surface area contributed by atoms with E-state index in [1.165, 1.54) is 24.3 Å². The highest BCUT2D eigenvalue weighted by molar-refractivity contribution is 6.04. The molecule has 1 aliphatic heterocycles. The number of amides is 2. The molecule has 13 heteroatoms. The summed E-state index contributed by atoms with van der Waals surface area (Å²) in [6, 6.07) is 9.29. The molecule has 0 aliphatic carbocycles. The second kappa shape index (κ2) is 8.60. The molecule has 4 N–H and O–H groups in total. The van der Waals surface area contributed by atoms with E-state index in [1.807, 2.05) is 0 Å². The number of hydrogen-bond donors (Lipinski definition) is 3. The van der Waals surface area contributed by atoms with Crippen LogP contribution in [0.1, 0.15) is 0 Å². The Kier molecular flexibility index (Phi) is 5.82. The number of aliphatic hydroxyl groups is 1. The number of alkyl halides is 3. The summed E-state index contributed by atoms with van der Waals surface area (Å²) in [6.07, 6.45) is -8.37. The lowest BCUT2D eigenvalue weighted by Crippen LogP contribution is -2.55. The summed E-state index contributed by atoms with van der Waals surface area (Å²) >= 11 is 0. The van der Waals surface area contributed by atoms with E-state index in [9.17, 15) is 27.9 Å². The van der Waals surface area contributed by atoms with Gasteiger partial charge in [0.2, 0.25) is 0 Å². The monoisotopic (exact) mass is 466 g/mol. The largest absolute Gasteiger partial charge is 0.573 e. The van der Waals surface area contributed by atoms with E-state index in [0.29, 0.717) is 11.0 Å². The second-order valence-corrected chi connectivity index (χ2v) is 7.04. The maximum Gasteiger partial charge on any atom is 0.573 e. The van der Waals surface area contributed by atoms with Gasteiger partial charge < -0.3 is 35.1 Å². The maximum atomic E-state index is 12.9. The van der Waals surface area contributed by atoms with E-state index < -0.39 is 36.1 Å². The Bertz CT molecular complexity index is 1200. The molecule has 0 saturated carbocycles. The molecule has 2 atom stereocenters. The minimum Gasteiger partial charge on any atom is -0.406 e. The van der Waals surface area contributed by atoms with Crippen molar-refractivity contribution in [2.24, 2.45) is 0 Å². The smallest absolute Gasteiger partial charge is 0.406 e. The minimum atomic E-state index is -4.90. The van der Waals surface area contributed by atoms with Gasteiger partial charge in [0, 0.05) is 30.1 Å². The highest BCUT2D eigenvalue weighted by atomic mass is 19.4. The van der Waals surface area contributed by atoms with Gasteiger partial charge in [-0.3, -0.25) is 9.59 Å². The number of carbonyl (C=O) groups is 2. The second-order valence-electron chi connectivity index (χ2n) is 7.04. The van der Waals surface area contributed by atoms with Crippen LogP contribution in [0.25, 0.3) is 11.0 Å². The molecule has 2 heterocycles.